The van der Waals surface area contributed by atoms with Crippen LogP contribution in [0.15, 0.2) is 218 Å². The lowest BCUT2D eigenvalue weighted by Gasteiger charge is -2.31. The highest BCUT2D eigenvalue weighted by molar-refractivity contribution is 6.00. The van der Waals surface area contributed by atoms with Crippen LogP contribution in [0.2, 0.25) is 0 Å². The van der Waals surface area contributed by atoms with Gasteiger partial charge in [0, 0.05) is 39.4 Å². The van der Waals surface area contributed by atoms with E-state index in [0.29, 0.717) is 0 Å². The fourth-order valence-corrected chi connectivity index (χ4v) is 9.35. The molecule has 2 nitrogen and oxygen atoms in total. The van der Waals surface area contributed by atoms with Gasteiger partial charge in [-0.1, -0.05) is 159 Å². The minimum Gasteiger partial charge on any atom is -0.310 e. The first-order chi connectivity index (χ1) is 29.0. The van der Waals surface area contributed by atoms with Crippen LogP contribution in [0.3, 0.4) is 0 Å². The van der Waals surface area contributed by atoms with Crippen LogP contribution in [0.25, 0.3) is 54.6 Å². The summed E-state index contributed by atoms with van der Waals surface area (Å²) < 4.78 is 0. The maximum absolute atomic E-state index is 2.43. The molecule has 1 aliphatic rings. The summed E-state index contributed by atoms with van der Waals surface area (Å²) in [5.74, 6) is 0. The zero-order valence-electron chi connectivity index (χ0n) is 33.2. The minimum absolute atomic E-state index is 0.114. The highest BCUT2D eigenvalue weighted by Crippen LogP contribution is 2.51. The topological polar surface area (TPSA) is 6.48 Å². The SMILES string of the molecule is CC1(C)c2ccccc2-c2ccc(N(c3ccc(N(c4ccc5ccccc5c4)c4cc5ccccc5cc4-c4ccccc4)cc3)c3ccc4ccccc4c3)cc21. The van der Waals surface area contributed by atoms with Crippen molar-refractivity contribution in [2.45, 2.75) is 19.3 Å². The Kier molecular flexibility index (Phi) is 8.20. The number of hydrogen-bond acceptors (Lipinski definition) is 2. The summed E-state index contributed by atoms with van der Waals surface area (Å²) in [6, 6.07) is 80.1. The summed E-state index contributed by atoms with van der Waals surface area (Å²) in [5, 5.41) is 7.29. The highest BCUT2D eigenvalue weighted by Gasteiger charge is 2.35. The van der Waals surface area contributed by atoms with Crippen molar-refractivity contribution in [3.05, 3.63) is 230 Å². The van der Waals surface area contributed by atoms with Crippen molar-refractivity contribution < 1.29 is 0 Å². The summed E-state index contributed by atoms with van der Waals surface area (Å²) in [6.45, 7) is 4.71. The molecule has 0 heterocycles. The first kappa shape index (κ1) is 34.8. The van der Waals surface area contributed by atoms with Crippen molar-refractivity contribution in [2.75, 3.05) is 9.80 Å². The highest BCUT2D eigenvalue weighted by atomic mass is 15.2. The monoisotopic (exact) mass is 754 g/mol. The van der Waals surface area contributed by atoms with E-state index in [1.165, 1.54) is 65.7 Å². The molecule has 0 saturated carbocycles. The molecular weight excluding hydrogens is 713 g/mol. The Bertz CT molecular complexity index is 3200. The van der Waals surface area contributed by atoms with E-state index in [-0.39, 0.29) is 5.41 Å². The van der Waals surface area contributed by atoms with Gasteiger partial charge in [-0.2, -0.15) is 0 Å². The van der Waals surface area contributed by atoms with E-state index in [1.54, 1.807) is 0 Å². The molecular formula is C57H42N2. The number of anilines is 6. The predicted octanol–water partition coefficient (Wildman–Crippen LogP) is 16.1. The molecule has 0 aliphatic heterocycles. The van der Waals surface area contributed by atoms with Gasteiger partial charge in [-0.15, -0.1) is 0 Å². The molecule has 280 valence electrons. The third-order valence-corrected chi connectivity index (χ3v) is 12.4. The van der Waals surface area contributed by atoms with Gasteiger partial charge in [0.1, 0.15) is 0 Å². The van der Waals surface area contributed by atoms with Crippen molar-refractivity contribution in [3.8, 4) is 22.3 Å². The summed E-state index contributed by atoms with van der Waals surface area (Å²) >= 11 is 0. The normalized spacial score (nSPS) is 12.7. The molecule has 0 fully saturated rings. The van der Waals surface area contributed by atoms with E-state index in [2.05, 4.69) is 242 Å². The van der Waals surface area contributed by atoms with E-state index in [4.69, 9.17) is 0 Å². The molecule has 0 radical (unpaired) electrons. The maximum Gasteiger partial charge on any atom is 0.0546 e. The van der Waals surface area contributed by atoms with Gasteiger partial charge in [-0.25, -0.2) is 0 Å². The Balaban J connectivity index is 1.10. The van der Waals surface area contributed by atoms with Crippen molar-refractivity contribution in [3.63, 3.8) is 0 Å². The lowest BCUT2D eigenvalue weighted by atomic mass is 9.82. The smallest absolute Gasteiger partial charge is 0.0546 e. The van der Waals surface area contributed by atoms with E-state index < -0.39 is 0 Å². The van der Waals surface area contributed by atoms with E-state index in [9.17, 15) is 0 Å². The van der Waals surface area contributed by atoms with Crippen molar-refractivity contribution in [2.24, 2.45) is 0 Å². The van der Waals surface area contributed by atoms with Gasteiger partial charge in [-0.3, -0.25) is 0 Å². The van der Waals surface area contributed by atoms with Gasteiger partial charge in [0.15, 0.2) is 0 Å². The molecule has 0 aromatic heterocycles. The summed E-state index contributed by atoms with van der Waals surface area (Å²) in [4.78, 5) is 4.85. The second-order valence-corrected chi connectivity index (χ2v) is 16.2. The lowest BCUT2D eigenvalue weighted by Crippen LogP contribution is -2.16. The molecule has 0 saturated heterocycles. The van der Waals surface area contributed by atoms with E-state index >= 15 is 0 Å². The minimum atomic E-state index is -0.114. The molecule has 0 atom stereocenters. The molecule has 0 N–H and O–H groups in total. The zero-order valence-corrected chi connectivity index (χ0v) is 33.2. The van der Waals surface area contributed by atoms with E-state index in [0.717, 1.165) is 34.1 Å². The fourth-order valence-electron chi connectivity index (χ4n) is 9.35. The first-order valence-corrected chi connectivity index (χ1v) is 20.5. The quantitative estimate of drug-likeness (QED) is 0.160. The molecule has 0 spiro atoms. The standard InChI is InChI=1S/C57H42N2/c1-57(2)54-23-13-12-22-51(54)52-33-32-50(38-55(52)57)58(48-26-24-39-14-6-8-18-42(39)34-48)46-28-30-47(31-29-46)59(49-27-25-40-15-7-9-19-43(40)35-49)56-37-45-21-11-10-20-44(45)36-53(56)41-16-4-3-5-17-41/h3-38H,1-2H3. The van der Waals surface area contributed by atoms with Crippen LogP contribution in [0.4, 0.5) is 34.1 Å². The van der Waals surface area contributed by atoms with Crippen LogP contribution < -0.4 is 9.80 Å². The molecule has 0 unspecified atom stereocenters. The molecule has 11 rings (SSSR count). The van der Waals surface area contributed by atoms with Gasteiger partial charge in [-0.05, 0) is 133 Å². The van der Waals surface area contributed by atoms with Crippen LogP contribution in [0.5, 0.6) is 0 Å². The molecule has 1 aliphatic carbocycles. The second kappa shape index (κ2) is 13.9. The molecule has 10 aromatic carbocycles. The Morgan fingerprint density at radius 1 is 0.288 bits per heavy atom. The van der Waals surface area contributed by atoms with Crippen molar-refractivity contribution >= 4 is 66.4 Å². The first-order valence-electron chi connectivity index (χ1n) is 20.5. The zero-order chi connectivity index (χ0) is 39.5. The summed E-state index contributed by atoms with van der Waals surface area (Å²) in [6.07, 6.45) is 0. The number of fused-ring (bicyclic) bond motifs is 6. The Morgan fingerprint density at radius 3 is 1.37 bits per heavy atom. The molecule has 59 heavy (non-hydrogen) atoms. The number of hydrogen-bond donors (Lipinski definition) is 0. The van der Waals surface area contributed by atoms with Gasteiger partial charge in [0.05, 0.1) is 5.69 Å². The average molecular weight is 755 g/mol. The van der Waals surface area contributed by atoms with Crippen molar-refractivity contribution in [1.82, 2.24) is 0 Å². The lowest BCUT2D eigenvalue weighted by molar-refractivity contribution is 0.660. The van der Waals surface area contributed by atoms with Crippen molar-refractivity contribution in [1.29, 1.82) is 0 Å². The number of rotatable bonds is 7. The number of nitrogens with zero attached hydrogens (tertiary/aromatic N) is 2. The third-order valence-electron chi connectivity index (χ3n) is 12.4. The summed E-state index contributed by atoms with van der Waals surface area (Å²) in [7, 11) is 0. The summed E-state index contributed by atoms with van der Waals surface area (Å²) in [5.41, 5.74) is 14.3. The van der Waals surface area contributed by atoms with Gasteiger partial charge >= 0.3 is 0 Å². The Labute approximate surface area is 345 Å². The van der Waals surface area contributed by atoms with Crippen LogP contribution >= 0.6 is 0 Å². The molecule has 0 bridgehead atoms. The molecule has 2 heteroatoms. The van der Waals surface area contributed by atoms with Gasteiger partial charge in [0.2, 0.25) is 0 Å². The van der Waals surface area contributed by atoms with Crippen LogP contribution in [0.1, 0.15) is 25.0 Å². The maximum atomic E-state index is 2.43. The molecule has 0 amide bonds. The Morgan fingerprint density at radius 2 is 0.729 bits per heavy atom. The predicted molar refractivity (Wildman–Crippen MR) is 251 cm³/mol. The fraction of sp³-hybridized carbons (Fsp3) is 0.0526. The van der Waals surface area contributed by atoms with Gasteiger partial charge in [0.25, 0.3) is 0 Å². The Hall–Kier alpha value is -7.42. The average Bonchev–Trinajstić information content (AvgIpc) is 3.52. The molecule has 10 aromatic rings. The van der Waals surface area contributed by atoms with E-state index in [1.807, 2.05) is 0 Å². The van der Waals surface area contributed by atoms with Crippen LogP contribution in [0, 0.1) is 0 Å². The largest absolute Gasteiger partial charge is 0.310 e. The number of benzene rings is 10. The third kappa shape index (κ3) is 5.96. The second-order valence-electron chi connectivity index (χ2n) is 16.2. The van der Waals surface area contributed by atoms with Crippen LogP contribution in [-0.4, -0.2) is 0 Å². The van der Waals surface area contributed by atoms with Crippen LogP contribution in [-0.2, 0) is 5.41 Å². The van der Waals surface area contributed by atoms with Gasteiger partial charge < -0.3 is 9.80 Å².